The fourth-order valence-electron chi connectivity index (χ4n) is 3.19. The molecule has 0 aromatic heterocycles. The van der Waals surface area contributed by atoms with Crippen molar-refractivity contribution in [3.05, 3.63) is 88.9 Å². The number of halogens is 1. The van der Waals surface area contributed by atoms with E-state index in [0.717, 1.165) is 10.0 Å². The van der Waals surface area contributed by atoms with E-state index in [2.05, 4.69) is 26.6 Å². The highest BCUT2D eigenvalue weighted by molar-refractivity contribution is 9.10. The number of esters is 1. The van der Waals surface area contributed by atoms with Crippen molar-refractivity contribution < 1.29 is 23.9 Å². The highest BCUT2D eigenvalue weighted by Crippen LogP contribution is 2.24. The zero-order chi connectivity index (χ0) is 25.0. The fourth-order valence-corrected chi connectivity index (χ4v) is 3.45. The Balaban J connectivity index is 1.31. The van der Waals surface area contributed by atoms with Crippen molar-refractivity contribution in [1.29, 1.82) is 0 Å². The van der Waals surface area contributed by atoms with Crippen molar-refractivity contribution in [2.45, 2.75) is 32.2 Å². The van der Waals surface area contributed by atoms with Gasteiger partial charge in [-0.2, -0.15) is 0 Å². The molecule has 3 aromatic rings. The van der Waals surface area contributed by atoms with E-state index in [4.69, 9.17) is 9.47 Å². The van der Waals surface area contributed by atoms with Crippen LogP contribution in [0.15, 0.2) is 83.3 Å². The summed E-state index contributed by atoms with van der Waals surface area (Å²) in [6, 6.07) is 23.8. The van der Waals surface area contributed by atoms with Gasteiger partial charge in [-0.05, 0) is 67.4 Å². The predicted molar refractivity (Wildman–Crippen MR) is 137 cm³/mol. The van der Waals surface area contributed by atoms with Crippen molar-refractivity contribution >= 4 is 39.4 Å². The van der Waals surface area contributed by atoms with E-state index < -0.39 is 5.97 Å². The number of benzene rings is 3. The molecular formula is C27H27BrN2O5. The molecule has 182 valence electrons. The first-order valence-electron chi connectivity index (χ1n) is 11.2. The molecule has 0 fully saturated rings. The standard InChI is InChI=1S/C27H27BrN2O5/c1-19(20-6-3-2-4-7-20)29-26(32)18-34-27(33)9-5-8-25(31)30-22-12-16-24(17-13-22)35-23-14-10-21(28)11-15-23/h2-4,6-7,10-17,19H,5,8-9,18H2,1H3,(H,29,32)(H,30,31)/t19-/m0/s1. The maximum atomic E-state index is 12.2. The van der Waals surface area contributed by atoms with E-state index in [1.807, 2.05) is 61.5 Å². The van der Waals surface area contributed by atoms with Crippen LogP contribution in [0.3, 0.4) is 0 Å². The van der Waals surface area contributed by atoms with Crippen molar-refractivity contribution in [1.82, 2.24) is 5.32 Å². The van der Waals surface area contributed by atoms with Gasteiger partial charge < -0.3 is 20.1 Å². The van der Waals surface area contributed by atoms with Crippen LogP contribution in [-0.2, 0) is 19.1 Å². The highest BCUT2D eigenvalue weighted by Gasteiger charge is 2.12. The lowest BCUT2D eigenvalue weighted by Crippen LogP contribution is -2.31. The second-order valence-electron chi connectivity index (χ2n) is 7.84. The molecule has 0 aliphatic heterocycles. The minimum atomic E-state index is -0.519. The fraction of sp³-hybridized carbons (Fsp3) is 0.222. The smallest absolute Gasteiger partial charge is 0.306 e. The van der Waals surface area contributed by atoms with E-state index in [9.17, 15) is 14.4 Å². The summed E-state index contributed by atoms with van der Waals surface area (Å²) in [4.78, 5) is 36.1. The molecule has 0 unspecified atom stereocenters. The Morgan fingerprint density at radius 1 is 0.829 bits per heavy atom. The van der Waals surface area contributed by atoms with E-state index in [-0.39, 0.29) is 37.3 Å². The number of hydrogen-bond acceptors (Lipinski definition) is 5. The summed E-state index contributed by atoms with van der Waals surface area (Å²) in [5.74, 6) is 0.249. The van der Waals surface area contributed by atoms with Crippen LogP contribution in [-0.4, -0.2) is 24.4 Å². The first-order valence-corrected chi connectivity index (χ1v) is 12.0. The van der Waals surface area contributed by atoms with Crippen LogP contribution in [0.5, 0.6) is 11.5 Å². The van der Waals surface area contributed by atoms with Gasteiger partial charge in [-0.25, -0.2) is 0 Å². The molecular weight excluding hydrogens is 512 g/mol. The molecule has 0 saturated carbocycles. The molecule has 0 aliphatic carbocycles. The Morgan fingerprint density at radius 2 is 1.46 bits per heavy atom. The predicted octanol–water partition coefficient (Wildman–Crippen LogP) is 5.77. The SMILES string of the molecule is C[C@H](NC(=O)COC(=O)CCCC(=O)Nc1ccc(Oc2ccc(Br)cc2)cc1)c1ccccc1. The topological polar surface area (TPSA) is 93.7 Å². The highest BCUT2D eigenvalue weighted by atomic mass is 79.9. The van der Waals surface area contributed by atoms with Gasteiger partial charge in [-0.3, -0.25) is 14.4 Å². The van der Waals surface area contributed by atoms with Gasteiger partial charge >= 0.3 is 5.97 Å². The van der Waals surface area contributed by atoms with E-state index in [1.165, 1.54) is 0 Å². The summed E-state index contributed by atoms with van der Waals surface area (Å²) < 4.78 is 11.7. The molecule has 0 bridgehead atoms. The van der Waals surface area contributed by atoms with Crippen LogP contribution < -0.4 is 15.4 Å². The quantitative estimate of drug-likeness (QED) is 0.302. The summed E-state index contributed by atoms with van der Waals surface area (Å²) >= 11 is 3.38. The van der Waals surface area contributed by atoms with Gasteiger partial charge in [0.05, 0.1) is 6.04 Å². The van der Waals surface area contributed by atoms with E-state index in [1.54, 1.807) is 24.3 Å². The lowest BCUT2D eigenvalue weighted by molar-refractivity contribution is -0.148. The van der Waals surface area contributed by atoms with Crippen molar-refractivity contribution in [2.75, 3.05) is 11.9 Å². The maximum absolute atomic E-state index is 12.2. The molecule has 7 nitrogen and oxygen atoms in total. The zero-order valence-corrected chi connectivity index (χ0v) is 20.9. The molecule has 0 aliphatic rings. The Hall–Kier alpha value is -3.65. The Labute approximate surface area is 213 Å². The summed E-state index contributed by atoms with van der Waals surface area (Å²) in [6.07, 6.45) is 0.524. The largest absolute Gasteiger partial charge is 0.457 e. The van der Waals surface area contributed by atoms with Crippen LogP contribution in [0.1, 0.15) is 37.8 Å². The summed E-state index contributed by atoms with van der Waals surface area (Å²) in [7, 11) is 0. The number of carbonyl (C=O) groups is 3. The van der Waals surface area contributed by atoms with Gasteiger partial charge in [-0.1, -0.05) is 46.3 Å². The number of nitrogens with one attached hydrogen (secondary N) is 2. The normalized spacial score (nSPS) is 11.3. The molecule has 0 saturated heterocycles. The van der Waals surface area contributed by atoms with Crippen molar-refractivity contribution in [3.63, 3.8) is 0 Å². The molecule has 1 atom stereocenters. The molecule has 0 radical (unpaired) electrons. The van der Waals surface area contributed by atoms with E-state index >= 15 is 0 Å². The summed E-state index contributed by atoms with van der Waals surface area (Å²) in [5.41, 5.74) is 1.59. The third-order valence-electron chi connectivity index (χ3n) is 5.01. The zero-order valence-electron chi connectivity index (χ0n) is 19.3. The molecule has 8 heteroatoms. The number of hydrogen-bond donors (Lipinski definition) is 2. The van der Waals surface area contributed by atoms with Crippen LogP contribution >= 0.6 is 15.9 Å². The molecule has 0 spiro atoms. The van der Waals surface area contributed by atoms with Gasteiger partial charge in [0, 0.05) is 23.0 Å². The summed E-state index contributed by atoms with van der Waals surface area (Å²) in [6.45, 7) is 1.51. The van der Waals surface area contributed by atoms with Crippen LogP contribution in [0.25, 0.3) is 0 Å². The average molecular weight is 539 g/mol. The number of ether oxygens (including phenoxy) is 2. The second kappa shape index (κ2) is 13.3. The first-order chi connectivity index (χ1) is 16.9. The van der Waals surface area contributed by atoms with Gasteiger partial charge in [-0.15, -0.1) is 0 Å². The average Bonchev–Trinajstić information content (AvgIpc) is 2.86. The minimum Gasteiger partial charge on any atom is -0.457 e. The number of rotatable bonds is 11. The molecule has 3 aromatic carbocycles. The summed E-state index contributed by atoms with van der Waals surface area (Å²) in [5, 5.41) is 5.57. The Kier molecular flexibility index (Phi) is 9.86. The molecule has 35 heavy (non-hydrogen) atoms. The van der Waals surface area contributed by atoms with Gasteiger partial charge in [0.25, 0.3) is 5.91 Å². The third kappa shape index (κ3) is 9.25. The van der Waals surface area contributed by atoms with Crippen LogP contribution in [0.2, 0.25) is 0 Å². The number of carbonyl (C=O) groups excluding carboxylic acids is 3. The number of anilines is 1. The molecule has 2 amide bonds. The number of amides is 2. The molecule has 0 heterocycles. The second-order valence-corrected chi connectivity index (χ2v) is 8.76. The molecule has 2 N–H and O–H groups in total. The minimum absolute atomic E-state index is 0.0505. The van der Waals surface area contributed by atoms with Crippen LogP contribution in [0.4, 0.5) is 5.69 Å². The van der Waals surface area contributed by atoms with Gasteiger partial charge in [0.1, 0.15) is 11.5 Å². The third-order valence-corrected chi connectivity index (χ3v) is 5.54. The lowest BCUT2D eigenvalue weighted by Gasteiger charge is -2.14. The van der Waals surface area contributed by atoms with Crippen molar-refractivity contribution in [2.24, 2.45) is 0 Å². The van der Waals surface area contributed by atoms with Gasteiger partial charge in [0.15, 0.2) is 6.61 Å². The monoisotopic (exact) mass is 538 g/mol. The van der Waals surface area contributed by atoms with Gasteiger partial charge in [0.2, 0.25) is 5.91 Å². The van der Waals surface area contributed by atoms with Crippen molar-refractivity contribution in [3.8, 4) is 11.5 Å². The maximum Gasteiger partial charge on any atom is 0.306 e. The molecule has 3 rings (SSSR count). The van der Waals surface area contributed by atoms with Crippen LogP contribution in [0, 0.1) is 0 Å². The Bertz CT molecular complexity index is 1120. The Morgan fingerprint density at radius 3 is 2.11 bits per heavy atom. The first kappa shape index (κ1) is 26.0. The van der Waals surface area contributed by atoms with E-state index in [0.29, 0.717) is 23.6 Å². The lowest BCUT2D eigenvalue weighted by atomic mass is 10.1.